The van der Waals surface area contributed by atoms with Gasteiger partial charge >= 0.3 is 0 Å². The highest BCUT2D eigenvalue weighted by Crippen LogP contribution is 2.36. The van der Waals surface area contributed by atoms with Crippen molar-refractivity contribution >= 4 is 23.1 Å². The maximum Gasteiger partial charge on any atom is 0.271 e. The first kappa shape index (κ1) is 17.4. The number of hydrogen-bond donors (Lipinski definition) is 1. The Bertz CT molecular complexity index is 817. The van der Waals surface area contributed by atoms with Crippen molar-refractivity contribution in [3.05, 3.63) is 59.1 Å². The van der Waals surface area contributed by atoms with Crippen molar-refractivity contribution in [2.75, 3.05) is 24.6 Å². The minimum atomic E-state index is -1.03. The predicted molar refractivity (Wildman–Crippen MR) is 104 cm³/mol. The van der Waals surface area contributed by atoms with Crippen LogP contribution in [0.25, 0.3) is 0 Å². The summed E-state index contributed by atoms with van der Waals surface area (Å²) in [6, 6.07) is 15.7. The molecule has 0 radical (unpaired) electrons. The van der Waals surface area contributed by atoms with E-state index in [9.17, 15) is 5.11 Å². The molecule has 4 nitrogen and oxygen atoms in total. The summed E-state index contributed by atoms with van der Waals surface area (Å²) in [6.07, 6.45) is 3.22. The van der Waals surface area contributed by atoms with Gasteiger partial charge in [0.2, 0.25) is 0 Å². The molecule has 2 aromatic rings. The summed E-state index contributed by atoms with van der Waals surface area (Å²) in [6.45, 7) is 4.01. The Morgan fingerprint density at radius 3 is 2.54 bits per heavy atom. The number of benzene rings is 2. The smallest absolute Gasteiger partial charge is 0.271 e. The lowest BCUT2D eigenvalue weighted by molar-refractivity contribution is -0.661. The summed E-state index contributed by atoms with van der Waals surface area (Å²) in [7, 11) is 0. The van der Waals surface area contributed by atoms with Gasteiger partial charge in [0, 0.05) is 17.0 Å². The van der Waals surface area contributed by atoms with E-state index in [4.69, 9.17) is 16.3 Å². The monoisotopic (exact) mass is 371 g/mol. The van der Waals surface area contributed by atoms with Crippen molar-refractivity contribution in [3.63, 3.8) is 0 Å². The van der Waals surface area contributed by atoms with E-state index in [0.29, 0.717) is 18.2 Å². The molecule has 0 spiro atoms. The molecule has 2 aliphatic heterocycles. The normalized spacial score (nSPS) is 22.5. The molecule has 0 unspecified atom stereocenters. The molecule has 2 heterocycles. The second-order valence-corrected chi connectivity index (χ2v) is 7.30. The summed E-state index contributed by atoms with van der Waals surface area (Å²) in [4.78, 5) is 2.24. The van der Waals surface area contributed by atoms with Crippen LogP contribution in [0, 0.1) is 0 Å². The highest BCUT2D eigenvalue weighted by molar-refractivity contribution is 6.30. The van der Waals surface area contributed by atoms with Gasteiger partial charge in [0.15, 0.2) is 6.54 Å². The topological polar surface area (TPSA) is 35.7 Å². The Hall–Kier alpha value is -2.04. The van der Waals surface area contributed by atoms with Gasteiger partial charge in [0.1, 0.15) is 11.4 Å². The van der Waals surface area contributed by atoms with Crippen molar-refractivity contribution in [2.45, 2.75) is 31.9 Å². The fourth-order valence-electron chi connectivity index (χ4n) is 3.99. The molecule has 26 heavy (non-hydrogen) atoms. The van der Waals surface area contributed by atoms with E-state index in [1.54, 1.807) is 0 Å². The molecule has 2 aromatic carbocycles. The number of amidine groups is 1. The Morgan fingerprint density at radius 2 is 1.85 bits per heavy atom. The summed E-state index contributed by atoms with van der Waals surface area (Å²) in [5.74, 6) is 2.06. The van der Waals surface area contributed by atoms with Crippen LogP contribution in [0.5, 0.6) is 5.75 Å². The zero-order valence-corrected chi connectivity index (χ0v) is 15.7. The summed E-state index contributed by atoms with van der Waals surface area (Å²) < 4.78 is 7.72. The van der Waals surface area contributed by atoms with Gasteiger partial charge in [-0.1, -0.05) is 23.7 Å². The fraction of sp³-hybridized carbons (Fsp3) is 0.381. The molecule has 0 aromatic heterocycles. The molecule has 2 aliphatic rings. The maximum absolute atomic E-state index is 11.6. The molecule has 0 saturated carbocycles. The van der Waals surface area contributed by atoms with Gasteiger partial charge in [0.05, 0.1) is 13.2 Å². The lowest BCUT2D eigenvalue weighted by Gasteiger charge is -2.24. The van der Waals surface area contributed by atoms with Crippen molar-refractivity contribution in [2.24, 2.45) is 0 Å². The standard InChI is InChI=1S/C21H24ClN2O2/c1-2-26-19-12-10-18(11-13-19)23-15-21(25,16-6-8-17(22)9-7-16)24-14-4-3-5-20(23)24/h6-13,25H,2-5,14-15H2,1H3/q+1/t21-/m0/s1. The average Bonchev–Trinajstić information content (AvgIpc) is 2.98. The second-order valence-electron chi connectivity index (χ2n) is 6.86. The molecule has 0 fully saturated rings. The summed E-state index contributed by atoms with van der Waals surface area (Å²) >= 11 is 6.04. The van der Waals surface area contributed by atoms with Crippen molar-refractivity contribution in [1.29, 1.82) is 0 Å². The van der Waals surface area contributed by atoms with Gasteiger partial charge in [-0.2, -0.15) is 0 Å². The highest BCUT2D eigenvalue weighted by atomic mass is 35.5. The van der Waals surface area contributed by atoms with E-state index >= 15 is 0 Å². The van der Waals surface area contributed by atoms with Crippen LogP contribution in [0.1, 0.15) is 31.7 Å². The van der Waals surface area contributed by atoms with Gasteiger partial charge in [0.25, 0.3) is 11.6 Å². The molecule has 5 heteroatoms. The Kier molecular flexibility index (Phi) is 4.63. The SMILES string of the molecule is CCOc1ccc(N2C[C@](O)(c3ccc(Cl)cc3)[N+]3=C2CCCC3)cc1. The van der Waals surface area contributed by atoms with Gasteiger partial charge in [-0.05, 0) is 56.2 Å². The minimum absolute atomic E-state index is 0.512. The molecule has 1 N–H and O–H groups in total. The van der Waals surface area contributed by atoms with Crippen LogP contribution in [-0.4, -0.2) is 35.2 Å². The number of β-amino-alcohol motifs (C(OH)–C–C–N with tert-alkyl or cyclic N) is 1. The first-order valence-corrected chi connectivity index (χ1v) is 9.62. The van der Waals surface area contributed by atoms with Gasteiger partial charge in [-0.15, -0.1) is 0 Å². The van der Waals surface area contributed by atoms with Crippen molar-refractivity contribution < 1.29 is 14.4 Å². The second kappa shape index (κ2) is 6.93. The molecule has 0 aliphatic carbocycles. The minimum Gasteiger partial charge on any atom is -0.494 e. The van der Waals surface area contributed by atoms with Crippen LogP contribution in [-0.2, 0) is 5.72 Å². The number of nitrogens with zero attached hydrogens (tertiary/aromatic N) is 2. The third-order valence-electron chi connectivity index (χ3n) is 5.25. The largest absolute Gasteiger partial charge is 0.494 e. The molecule has 136 valence electrons. The van der Waals surface area contributed by atoms with Crippen molar-refractivity contribution in [1.82, 2.24) is 0 Å². The lowest BCUT2D eigenvalue weighted by Crippen LogP contribution is -2.41. The zero-order chi connectivity index (χ0) is 18.1. The third-order valence-corrected chi connectivity index (χ3v) is 5.50. The number of hydrogen-bond acceptors (Lipinski definition) is 3. The van der Waals surface area contributed by atoms with Crippen LogP contribution < -0.4 is 9.64 Å². The lowest BCUT2D eigenvalue weighted by atomic mass is 10.0. The zero-order valence-electron chi connectivity index (χ0n) is 15.0. The van der Waals surface area contributed by atoms with E-state index in [0.717, 1.165) is 42.8 Å². The van der Waals surface area contributed by atoms with E-state index < -0.39 is 5.72 Å². The maximum atomic E-state index is 11.6. The fourth-order valence-corrected chi connectivity index (χ4v) is 4.11. The Labute approximate surface area is 159 Å². The van der Waals surface area contributed by atoms with Crippen LogP contribution >= 0.6 is 11.6 Å². The molecular weight excluding hydrogens is 348 g/mol. The Balaban J connectivity index is 1.71. The van der Waals surface area contributed by atoms with Crippen LogP contribution in [0.4, 0.5) is 5.69 Å². The first-order valence-electron chi connectivity index (χ1n) is 9.24. The van der Waals surface area contributed by atoms with Crippen molar-refractivity contribution in [3.8, 4) is 5.75 Å². The molecule has 4 rings (SSSR count). The quantitative estimate of drug-likeness (QED) is 0.825. The third kappa shape index (κ3) is 2.97. The molecule has 1 atom stereocenters. The van der Waals surface area contributed by atoms with Gasteiger partial charge in [-0.3, -0.25) is 0 Å². The molecule has 0 bridgehead atoms. The number of anilines is 1. The molecule has 0 amide bonds. The van der Waals surface area contributed by atoms with E-state index in [1.165, 1.54) is 5.84 Å². The van der Waals surface area contributed by atoms with Crippen LogP contribution in [0.2, 0.25) is 5.02 Å². The average molecular weight is 372 g/mol. The first-order chi connectivity index (χ1) is 12.6. The number of halogens is 1. The summed E-state index contributed by atoms with van der Waals surface area (Å²) in [5, 5.41) is 12.3. The number of rotatable bonds is 4. The van der Waals surface area contributed by atoms with E-state index in [-0.39, 0.29) is 0 Å². The van der Waals surface area contributed by atoms with Crippen LogP contribution in [0.15, 0.2) is 48.5 Å². The molecular formula is C21H24ClN2O2+. The number of ether oxygens (including phenoxy) is 1. The van der Waals surface area contributed by atoms with E-state index in [2.05, 4.69) is 21.6 Å². The highest BCUT2D eigenvalue weighted by Gasteiger charge is 2.52. The number of aliphatic hydroxyl groups is 1. The molecule has 0 saturated heterocycles. The van der Waals surface area contributed by atoms with Gasteiger partial charge < -0.3 is 9.84 Å². The Morgan fingerprint density at radius 1 is 1.12 bits per heavy atom. The summed E-state index contributed by atoms with van der Waals surface area (Å²) in [5.41, 5.74) is 0.939. The van der Waals surface area contributed by atoms with E-state index in [1.807, 2.05) is 43.3 Å². The van der Waals surface area contributed by atoms with Crippen LogP contribution in [0.3, 0.4) is 0 Å². The van der Waals surface area contributed by atoms with Gasteiger partial charge in [-0.25, -0.2) is 9.48 Å². The predicted octanol–water partition coefficient (Wildman–Crippen LogP) is 4.00.